The van der Waals surface area contributed by atoms with Crippen LogP contribution in [0.2, 0.25) is 0 Å². The number of carbonyl (C=O) groups is 3. The summed E-state index contributed by atoms with van der Waals surface area (Å²) in [6.07, 6.45) is 0. The van der Waals surface area contributed by atoms with Gasteiger partial charge >= 0.3 is 0 Å². The minimum atomic E-state index is -1.26. The Balaban J connectivity index is 1.40. The molecule has 35 heavy (non-hydrogen) atoms. The Kier molecular flexibility index (Phi) is 4.79. The number of ether oxygens (including phenoxy) is 1. The lowest BCUT2D eigenvalue weighted by atomic mass is 9.54. The first-order valence-corrected chi connectivity index (χ1v) is 11.9. The highest BCUT2D eigenvalue weighted by atomic mass is 35.5. The fraction of sp³-hybridized carbons (Fsp3) is 0.222. The topological polar surface area (TPSA) is 75.7 Å². The van der Waals surface area contributed by atoms with Gasteiger partial charge in [-0.05, 0) is 34.4 Å². The van der Waals surface area contributed by atoms with Crippen LogP contribution in [-0.4, -0.2) is 36.3 Å². The maximum absolute atomic E-state index is 13.8. The van der Waals surface area contributed by atoms with Crippen molar-refractivity contribution >= 4 is 46.6 Å². The Hall–Kier alpha value is -3.35. The molecule has 176 valence electrons. The first kappa shape index (κ1) is 22.1. The number of alkyl halides is 2. The van der Waals surface area contributed by atoms with Gasteiger partial charge in [-0.3, -0.25) is 19.3 Å². The van der Waals surface area contributed by atoms with Gasteiger partial charge < -0.3 is 10.1 Å². The lowest BCUT2D eigenvalue weighted by Crippen LogP contribution is -2.57. The van der Waals surface area contributed by atoms with E-state index in [9.17, 15) is 14.4 Å². The highest BCUT2D eigenvalue weighted by Gasteiger charge is 2.73. The average Bonchev–Trinajstić information content (AvgIpc) is 3.13. The summed E-state index contributed by atoms with van der Waals surface area (Å²) < 4.78 is 5.18. The van der Waals surface area contributed by atoms with Crippen molar-refractivity contribution in [3.63, 3.8) is 0 Å². The predicted molar refractivity (Wildman–Crippen MR) is 131 cm³/mol. The van der Waals surface area contributed by atoms with E-state index in [1.807, 2.05) is 48.5 Å². The second-order valence-corrected chi connectivity index (χ2v) is 10.2. The zero-order valence-electron chi connectivity index (χ0n) is 18.6. The van der Waals surface area contributed by atoms with E-state index in [2.05, 4.69) is 5.32 Å². The maximum Gasteiger partial charge on any atom is 0.244 e. The molecule has 3 aromatic rings. The minimum absolute atomic E-state index is 0.436. The Labute approximate surface area is 211 Å². The highest BCUT2D eigenvalue weighted by molar-refractivity contribution is 6.36. The molecule has 7 rings (SSSR count). The Morgan fingerprint density at radius 2 is 1.34 bits per heavy atom. The van der Waals surface area contributed by atoms with Crippen LogP contribution in [0.5, 0.6) is 5.75 Å². The summed E-state index contributed by atoms with van der Waals surface area (Å²) in [5.41, 5.74) is 3.38. The van der Waals surface area contributed by atoms with Gasteiger partial charge in [0.1, 0.15) is 22.0 Å². The molecule has 3 amide bonds. The average molecular weight is 507 g/mol. The molecule has 0 radical (unpaired) electrons. The normalized spacial score (nSPS) is 27.8. The van der Waals surface area contributed by atoms with Crippen molar-refractivity contribution in [1.82, 2.24) is 4.90 Å². The van der Waals surface area contributed by atoms with E-state index in [-0.39, 0.29) is 0 Å². The first-order valence-electron chi connectivity index (χ1n) is 11.2. The lowest BCUT2D eigenvalue weighted by Gasteiger charge is -2.54. The van der Waals surface area contributed by atoms with Crippen LogP contribution in [0, 0.1) is 11.8 Å². The van der Waals surface area contributed by atoms with Crippen LogP contribution < -0.4 is 10.1 Å². The van der Waals surface area contributed by atoms with Crippen molar-refractivity contribution < 1.29 is 19.1 Å². The van der Waals surface area contributed by atoms with Crippen molar-refractivity contribution in [3.05, 3.63) is 95.1 Å². The number of amides is 3. The molecule has 3 aliphatic carbocycles. The van der Waals surface area contributed by atoms with Crippen LogP contribution in [0.4, 0.5) is 5.69 Å². The molecule has 1 fully saturated rings. The largest absolute Gasteiger partial charge is 0.497 e. The lowest BCUT2D eigenvalue weighted by molar-refractivity contribution is -0.142. The summed E-state index contributed by atoms with van der Waals surface area (Å²) in [7, 11) is 1.53. The molecule has 2 bridgehead atoms. The van der Waals surface area contributed by atoms with E-state index in [0.29, 0.717) is 11.4 Å². The van der Waals surface area contributed by atoms with Crippen molar-refractivity contribution in [3.8, 4) is 5.75 Å². The van der Waals surface area contributed by atoms with E-state index >= 15 is 0 Å². The van der Waals surface area contributed by atoms with Gasteiger partial charge in [0.15, 0.2) is 0 Å². The number of likely N-dealkylation sites (tertiary alicyclic amines) is 1. The summed E-state index contributed by atoms with van der Waals surface area (Å²) in [6, 6.07) is 21.7. The summed E-state index contributed by atoms with van der Waals surface area (Å²) in [6.45, 7) is -0.436. The second-order valence-electron chi connectivity index (χ2n) is 9.01. The van der Waals surface area contributed by atoms with Gasteiger partial charge in [-0.25, -0.2) is 0 Å². The maximum atomic E-state index is 13.8. The molecular formula is C27H20Cl2N2O4. The highest BCUT2D eigenvalue weighted by Crippen LogP contribution is 2.69. The number of rotatable bonds is 4. The number of hydrogen-bond acceptors (Lipinski definition) is 4. The fourth-order valence-corrected chi connectivity index (χ4v) is 7.02. The molecule has 1 heterocycles. The molecule has 0 saturated carbocycles. The number of hydrogen-bond donors (Lipinski definition) is 1. The summed E-state index contributed by atoms with van der Waals surface area (Å²) in [5.74, 6) is -2.78. The molecular weight excluding hydrogens is 487 g/mol. The standard InChI is InChI=1S/C27H20Cl2N2O4/c1-35-16-8-6-7-15(13-16)30-21(32)14-31-24(33)22-23(25(31)34)27(29)18-10-3-2-9-17(18)26(22,28)19-11-4-5-12-20(19)27/h2-13,22-23H,14H2,1H3,(H,30,32)/t22-,23-,26?,27?/m1/s1. The van der Waals surface area contributed by atoms with Gasteiger partial charge in [-0.1, -0.05) is 54.6 Å². The van der Waals surface area contributed by atoms with Gasteiger partial charge in [-0.2, -0.15) is 0 Å². The fourth-order valence-electron chi connectivity index (χ4n) is 5.93. The van der Waals surface area contributed by atoms with Gasteiger partial charge in [0.05, 0.1) is 18.9 Å². The van der Waals surface area contributed by atoms with Crippen molar-refractivity contribution in [1.29, 1.82) is 0 Å². The van der Waals surface area contributed by atoms with Gasteiger partial charge in [0, 0.05) is 11.8 Å². The molecule has 8 heteroatoms. The molecule has 6 nitrogen and oxygen atoms in total. The summed E-state index contributed by atoms with van der Waals surface area (Å²) in [4.78, 5) is 38.9. The third kappa shape index (κ3) is 2.81. The molecule has 1 saturated heterocycles. The van der Waals surface area contributed by atoms with Gasteiger partial charge in [0.25, 0.3) is 0 Å². The van der Waals surface area contributed by atoms with E-state index in [1.54, 1.807) is 24.3 Å². The van der Waals surface area contributed by atoms with Crippen molar-refractivity contribution in [2.24, 2.45) is 11.8 Å². The van der Waals surface area contributed by atoms with E-state index < -0.39 is 45.9 Å². The molecule has 1 N–H and O–H groups in total. The Bertz CT molecular complexity index is 1300. The van der Waals surface area contributed by atoms with Crippen LogP contribution in [0.25, 0.3) is 0 Å². The third-order valence-corrected chi connectivity index (χ3v) is 8.62. The van der Waals surface area contributed by atoms with Crippen molar-refractivity contribution in [2.45, 2.75) is 9.75 Å². The van der Waals surface area contributed by atoms with Crippen LogP contribution >= 0.6 is 23.2 Å². The van der Waals surface area contributed by atoms with Crippen LogP contribution in [0.1, 0.15) is 22.3 Å². The van der Waals surface area contributed by atoms with Gasteiger partial charge in [-0.15, -0.1) is 23.2 Å². The molecule has 3 aromatic carbocycles. The number of halogens is 2. The molecule has 2 atom stereocenters. The number of methoxy groups -OCH3 is 1. The smallest absolute Gasteiger partial charge is 0.244 e. The second kappa shape index (κ2) is 7.57. The van der Waals surface area contributed by atoms with Crippen LogP contribution in [0.3, 0.4) is 0 Å². The zero-order chi connectivity index (χ0) is 24.5. The predicted octanol–water partition coefficient (Wildman–Crippen LogP) is 4.23. The molecule has 0 unspecified atom stereocenters. The Morgan fingerprint density at radius 3 is 1.80 bits per heavy atom. The molecule has 4 aliphatic rings. The third-order valence-electron chi connectivity index (χ3n) is 7.33. The quantitative estimate of drug-likeness (QED) is 0.424. The number of benzene rings is 3. The number of nitrogens with one attached hydrogen (secondary N) is 1. The first-order chi connectivity index (χ1) is 16.8. The summed E-state index contributed by atoms with van der Waals surface area (Å²) in [5, 5.41) is 2.73. The number of carbonyl (C=O) groups excluding carboxylic acids is 3. The van der Waals surface area contributed by atoms with Crippen LogP contribution in [-0.2, 0) is 24.1 Å². The number of anilines is 1. The van der Waals surface area contributed by atoms with E-state index in [0.717, 1.165) is 27.2 Å². The summed E-state index contributed by atoms with van der Waals surface area (Å²) >= 11 is 14.7. The Morgan fingerprint density at radius 1 is 0.857 bits per heavy atom. The number of nitrogens with zero attached hydrogens (tertiary/aromatic N) is 1. The number of imide groups is 1. The van der Waals surface area contributed by atoms with Crippen LogP contribution in [0.15, 0.2) is 72.8 Å². The zero-order valence-corrected chi connectivity index (χ0v) is 20.1. The van der Waals surface area contributed by atoms with Crippen molar-refractivity contribution in [2.75, 3.05) is 19.0 Å². The van der Waals surface area contributed by atoms with E-state index in [1.165, 1.54) is 7.11 Å². The van der Waals surface area contributed by atoms with Gasteiger partial charge in [0.2, 0.25) is 17.7 Å². The molecule has 0 spiro atoms. The minimum Gasteiger partial charge on any atom is -0.497 e. The SMILES string of the molecule is COc1cccc(NC(=O)CN2C(=O)[C@H]3[C@H](C2=O)C2(Cl)c4ccccc4C3(Cl)c3ccccc32)c1. The molecule has 0 aromatic heterocycles. The monoisotopic (exact) mass is 506 g/mol. The molecule has 1 aliphatic heterocycles. The van der Waals surface area contributed by atoms with E-state index in [4.69, 9.17) is 27.9 Å².